The van der Waals surface area contributed by atoms with Crippen molar-refractivity contribution in [1.29, 1.82) is 5.26 Å². The number of fused-ring (bicyclic) bond motifs is 1. The van der Waals surface area contributed by atoms with Crippen LogP contribution in [0.3, 0.4) is 0 Å². The predicted molar refractivity (Wildman–Crippen MR) is 87.9 cm³/mol. The lowest BCUT2D eigenvalue weighted by molar-refractivity contribution is 1.23. The standard InChI is InChI=1S/C14H11N5S2/c1-20-13(16-9-15)17-11-4-2-10(3-5-11)12-8-19-6-7-21-14(19)18-12/h2-8H,1H3,(H,16,17). The zero-order valence-corrected chi connectivity index (χ0v) is 12.8. The molecule has 1 aromatic carbocycles. The molecular weight excluding hydrogens is 302 g/mol. The molecule has 2 heterocycles. The van der Waals surface area contributed by atoms with Gasteiger partial charge in [-0.3, -0.25) is 9.72 Å². The minimum atomic E-state index is 0.577. The van der Waals surface area contributed by atoms with Gasteiger partial charge in [-0.15, -0.1) is 11.3 Å². The number of imidazole rings is 1. The molecule has 3 rings (SSSR count). The van der Waals surface area contributed by atoms with E-state index in [1.165, 1.54) is 11.8 Å². The van der Waals surface area contributed by atoms with Crippen LogP contribution in [-0.4, -0.2) is 20.8 Å². The molecule has 0 amide bonds. The van der Waals surface area contributed by atoms with Crippen molar-refractivity contribution < 1.29 is 0 Å². The Morgan fingerprint density at radius 3 is 2.90 bits per heavy atom. The molecule has 0 aliphatic rings. The fraction of sp³-hybridized carbons (Fsp3) is 0.0714. The molecule has 0 saturated heterocycles. The van der Waals surface area contributed by atoms with Crippen LogP contribution in [-0.2, 0) is 0 Å². The van der Waals surface area contributed by atoms with E-state index in [-0.39, 0.29) is 0 Å². The van der Waals surface area contributed by atoms with Gasteiger partial charge in [0.25, 0.3) is 0 Å². The van der Waals surface area contributed by atoms with Crippen LogP contribution < -0.4 is 5.32 Å². The molecule has 0 radical (unpaired) electrons. The van der Waals surface area contributed by atoms with Crippen LogP contribution in [0.4, 0.5) is 5.69 Å². The Bertz CT molecular complexity index is 795. The second-order valence-electron chi connectivity index (χ2n) is 4.12. The molecule has 5 nitrogen and oxygen atoms in total. The second-order valence-corrected chi connectivity index (χ2v) is 5.79. The van der Waals surface area contributed by atoms with Crippen molar-refractivity contribution in [3.8, 4) is 17.5 Å². The summed E-state index contributed by atoms with van der Waals surface area (Å²) in [5.41, 5.74) is 2.79. The number of thiazole rings is 1. The zero-order chi connectivity index (χ0) is 14.7. The van der Waals surface area contributed by atoms with Crippen LogP contribution in [0.25, 0.3) is 16.2 Å². The number of benzene rings is 1. The second kappa shape index (κ2) is 5.99. The van der Waals surface area contributed by atoms with Gasteiger partial charge in [0.15, 0.2) is 16.3 Å². The van der Waals surface area contributed by atoms with Gasteiger partial charge in [-0.1, -0.05) is 23.9 Å². The molecule has 104 valence electrons. The van der Waals surface area contributed by atoms with Gasteiger partial charge < -0.3 is 0 Å². The molecule has 0 unspecified atom stereocenters. The maximum absolute atomic E-state index is 8.62. The molecule has 0 spiro atoms. The third kappa shape index (κ3) is 2.91. The summed E-state index contributed by atoms with van der Waals surface area (Å²) in [4.78, 5) is 9.90. The van der Waals surface area contributed by atoms with E-state index in [1.807, 2.05) is 58.9 Å². The molecule has 0 atom stereocenters. The number of aliphatic imine (C=N–C) groups is 1. The largest absolute Gasteiger partial charge is 0.297 e. The van der Waals surface area contributed by atoms with Crippen LogP contribution in [0.5, 0.6) is 0 Å². The summed E-state index contributed by atoms with van der Waals surface area (Å²) in [7, 11) is 0. The first kappa shape index (κ1) is 13.7. The van der Waals surface area contributed by atoms with E-state index in [9.17, 15) is 0 Å². The Hall–Kier alpha value is -2.30. The third-order valence-corrected chi connectivity index (χ3v) is 4.19. The smallest absolute Gasteiger partial charge is 0.194 e. The van der Waals surface area contributed by atoms with Gasteiger partial charge in [0.1, 0.15) is 0 Å². The highest BCUT2D eigenvalue weighted by Crippen LogP contribution is 2.24. The Labute approximate surface area is 130 Å². The lowest BCUT2D eigenvalue weighted by Gasteiger charge is -2.01. The number of hydrogen-bond acceptors (Lipinski definition) is 5. The Morgan fingerprint density at radius 2 is 2.24 bits per heavy atom. The first-order valence-corrected chi connectivity index (χ1v) is 8.21. The first-order valence-electron chi connectivity index (χ1n) is 6.10. The van der Waals surface area contributed by atoms with E-state index in [0.29, 0.717) is 5.17 Å². The molecule has 0 fully saturated rings. The van der Waals surface area contributed by atoms with Crippen LogP contribution in [0.1, 0.15) is 0 Å². The van der Waals surface area contributed by atoms with Crippen molar-refractivity contribution in [3.63, 3.8) is 0 Å². The Morgan fingerprint density at radius 1 is 1.43 bits per heavy atom. The molecule has 21 heavy (non-hydrogen) atoms. The van der Waals surface area contributed by atoms with E-state index in [4.69, 9.17) is 5.26 Å². The maximum atomic E-state index is 8.62. The van der Waals surface area contributed by atoms with Crippen LogP contribution in [0.2, 0.25) is 0 Å². The average molecular weight is 313 g/mol. The van der Waals surface area contributed by atoms with Gasteiger partial charge in [-0.25, -0.2) is 9.98 Å². The third-order valence-electron chi connectivity index (χ3n) is 2.84. The van der Waals surface area contributed by atoms with Gasteiger partial charge in [0.2, 0.25) is 0 Å². The predicted octanol–water partition coefficient (Wildman–Crippen LogP) is 3.48. The highest BCUT2D eigenvalue weighted by Gasteiger charge is 2.05. The van der Waals surface area contributed by atoms with Gasteiger partial charge in [0, 0.05) is 23.3 Å². The van der Waals surface area contributed by atoms with E-state index in [0.717, 1.165) is 21.9 Å². The average Bonchev–Trinajstić information content (AvgIpc) is 3.09. The van der Waals surface area contributed by atoms with Gasteiger partial charge in [-0.05, 0) is 18.4 Å². The number of nitriles is 1. The number of aromatic nitrogens is 2. The quantitative estimate of drug-likeness (QED) is 0.340. The van der Waals surface area contributed by atoms with Crippen molar-refractivity contribution in [1.82, 2.24) is 14.7 Å². The normalized spacial score (nSPS) is 11.5. The molecular formula is C14H11N5S2. The highest BCUT2D eigenvalue weighted by atomic mass is 32.2. The minimum absolute atomic E-state index is 0.577. The molecule has 0 aliphatic heterocycles. The summed E-state index contributed by atoms with van der Waals surface area (Å²) in [6, 6.07) is 7.79. The molecule has 1 N–H and O–H groups in total. The Balaban J connectivity index is 1.87. The number of thioether (sulfide) groups is 1. The summed E-state index contributed by atoms with van der Waals surface area (Å²) in [5.74, 6) is 0. The lowest BCUT2D eigenvalue weighted by Crippen LogP contribution is -2.12. The van der Waals surface area contributed by atoms with Gasteiger partial charge >= 0.3 is 0 Å². The van der Waals surface area contributed by atoms with E-state index in [2.05, 4.69) is 15.3 Å². The van der Waals surface area contributed by atoms with Crippen LogP contribution in [0.15, 0.2) is 47.0 Å². The van der Waals surface area contributed by atoms with Gasteiger partial charge in [-0.2, -0.15) is 5.26 Å². The fourth-order valence-corrected chi connectivity index (χ4v) is 2.91. The molecule has 0 bridgehead atoms. The van der Waals surface area contributed by atoms with Crippen molar-refractivity contribution in [3.05, 3.63) is 42.0 Å². The number of nitrogens with zero attached hydrogens (tertiary/aromatic N) is 4. The topological polar surface area (TPSA) is 65.5 Å². The van der Waals surface area contributed by atoms with Crippen molar-refractivity contribution in [2.24, 2.45) is 4.99 Å². The zero-order valence-electron chi connectivity index (χ0n) is 11.1. The summed E-state index contributed by atoms with van der Waals surface area (Å²) in [6.45, 7) is 0. The summed E-state index contributed by atoms with van der Waals surface area (Å²) in [5, 5.41) is 13.8. The Kier molecular flexibility index (Phi) is 3.90. The maximum Gasteiger partial charge on any atom is 0.194 e. The number of hydrogen-bond donors (Lipinski definition) is 1. The van der Waals surface area contributed by atoms with E-state index < -0.39 is 0 Å². The fourth-order valence-electron chi connectivity index (χ4n) is 1.86. The van der Waals surface area contributed by atoms with Crippen LogP contribution >= 0.6 is 23.1 Å². The van der Waals surface area contributed by atoms with Gasteiger partial charge in [0.05, 0.1) is 11.4 Å². The van der Waals surface area contributed by atoms with Crippen molar-refractivity contribution >= 4 is 38.9 Å². The SMILES string of the molecule is CSC(=Nc1ccc(-c2cn3ccsc3n2)cc1)NC#N. The molecule has 0 aliphatic carbocycles. The molecule has 7 heteroatoms. The minimum Gasteiger partial charge on any atom is -0.297 e. The van der Waals surface area contributed by atoms with Crippen molar-refractivity contribution in [2.45, 2.75) is 0 Å². The number of nitrogens with one attached hydrogen (secondary N) is 1. The monoisotopic (exact) mass is 313 g/mol. The summed E-state index contributed by atoms with van der Waals surface area (Å²) >= 11 is 3.01. The summed E-state index contributed by atoms with van der Waals surface area (Å²) in [6.07, 6.45) is 7.75. The number of amidine groups is 1. The highest BCUT2D eigenvalue weighted by molar-refractivity contribution is 8.13. The molecule has 3 aromatic rings. The lowest BCUT2D eigenvalue weighted by atomic mass is 10.1. The first-order chi connectivity index (χ1) is 10.3. The van der Waals surface area contributed by atoms with Crippen LogP contribution in [0, 0.1) is 11.5 Å². The number of rotatable bonds is 2. The summed E-state index contributed by atoms with van der Waals surface area (Å²) < 4.78 is 2.01. The van der Waals surface area contributed by atoms with E-state index >= 15 is 0 Å². The molecule has 0 saturated carbocycles. The van der Waals surface area contributed by atoms with Crippen molar-refractivity contribution in [2.75, 3.05) is 6.26 Å². The molecule has 2 aromatic heterocycles. The van der Waals surface area contributed by atoms with E-state index in [1.54, 1.807) is 11.3 Å².